The number of nitrogens with one attached hydrogen (secondary N) is 1. The van der Waals surface area contributed by atoms with E-state index in [2.05, 4.69) is 10.3 Å². The molecule has 1 N–H and O–H groups in total. The van der Waals surface area contributed by atoms with E-state index in [9.17, 15) is 0 Å². The molecule has 2 aromatic rings. The molecule has 2 rings (SSSR count). The number of aromatic nitrogens is 1. The second-order valence-corrected chi connectivity index (χ2v) is 4.76. The van der Waals surface area contributed by atoms with Crippen molar-refractivity contribution in [2.45, 2.75) is 13.5 Å². The van der Waals surface area contributed by atoms with Crippen molar-refractivity contribution in [1.29, 1.82) is 0 Å². The lowest BCUT2D eigenvalue weighted by Gasteiger charge is -2.08. The zero-order valence-corrected chi connectivity index (χ0v) is 12.0. The van der Waals surface area contributed by atoms with Crippen LogP contribution in [-0.2, 0) is 6.61 Å². The number of anilines is 1. The van der Waals surface area contributed by atoms with E-state index in [4.69, 9.17) is 27.9 Å². The summed E-state index contributed by atoms with van der Waals surface area (Å²) in [7, 11) is 0. The number of nitrogens with zero attached hydrogens (tertiary/aromatic N) is 1. The average molecular weight is 297 g/mol. The molecule has 5 heteroatoms. The molecule has 0 fully saturated rings. The fourth-order valence-electron chi connectivity index (χ4n) is 1.53. The van der Waals surface area contributed by atoms with Gasteiger partial charge in [-0.05, 0) is 25.1 Å². The molecule has 3 nitrogen and oxygen atoms in total. The van der Waals surface area contributed by atoms with Crippen LogP contribution < -0.4 is 10.1 Å². The van der Waals surface area contributed by atoms with Crippen LogP contribution in [0.3, 0.4) is 0 Å². The van der Waals surface area contributed by atoms with Crippen LogP contribution in [0, 0.1) is 0 Å². The highest BCUT2D eigenvalue weighted by molar-refractivity contribution is 6.42. The molecular formula is C14H14Cl2N2O. The van der Waals surface area contributed by atoms with Crippen molar-refractivity contribution in [3.63, 3.8) is 0 Å². The molecular weight excluding hydrogens is 283 g/mol. The van der Waals surface area contributed by atoms with E-state index in [-0.39, 0.29) is 0 Å². The molecule has 0 amide bonds. The average Bonchev–Trinajstić information content (AvgIpc) is 2.42. The van der Waals surface area contributed by atoms with E-state index >= 15 is 0 Å². The summed E-state index contributed by atoms with van der Waals surface area (Å²) < 4.78 is 5.62. The van der Waals surface area contributed by atoms with Crippen molar-refractivity contribution >= 4 is 29.0 Å². The Morgan fingerprint density at radius 3 is 2.63 bits per heavy atom. The van der Waals surface area contributed by atoms with E-state index < -0.39 is 0 Å². The van der Waals surface area contributed by atoms with E-state index in [1.807, 2.05) is 19.1 Å². The topological polar surface area (TPSA) is 34.1 Å². The molecule has 0 spiro atoms. The van der Waals surface area contributed by atoms with Gasteiger partial charge in [0.05, 0.1) is 10.0 Å². The highest BCUT2D eigenvalue weighted by Gasteiger charge is 2.01. The number of rotatable bonds is 5. The monoisotopic (exact) mass is 296 g/mol. The van der Waals surface area contributed by atoms with Gasteiger partial charge in [-0.15, -0.1) is 0 Å². The number of pyridine rings is 1. The lowest BCUT2D eigenvalue weighted by Crippen LogP contribution is -2.01. The first kappa shape index (κ1) is 14.0. The van der Waals surface area contributed by atoms with Gasteiger partial charge in [0.1, 0.15) is 18.2 Å². The van der Waals surface area contributed by atoms with E-state index in [0.717, 1.165) is 17.9 Å². The molecule has 100 valence electrons. The second kappa shape index (κ2) is 6.64. The molecule has 0 atom stereocenters. The molecule has 1 aromatic carbocycles. The summed E-state index contributed by atoms with van der Waals surface area (Å²) in [6, 6.07) is 9.10. The minimum atomic E-state index is 0.442. The second-order valence-electron chi connectivity index (χ2n) is 3.95. The maximum Gasteiger partial charge on any atom is 0.125 e. The number of hydrogen-bond donors (Lipinski definition) is 1. The summed E-state index contributed by atoms with van der Waals surface area (Å²) in [4.78, 5) is 4.27. The Balaban J connectivity index is 1.96. The predicted molar refractivity (Wildman–Crippen MR) is 79.2 cm³/mol. The first-order valence-electron chi connectivity index (χ1n) is 5.95. The van der Waals surface area contributed by atoms with Crippen molar-refractivity contribution in [2.75, 3.05) is 11.9 Å². The van der Waals surface area contributed by atoms with Gasteiger partial charge in [0.15, 0.2) is 0 Å². The smallest absolute Gasteiger partial charge is 0.125 e. The van der Waals surface area contributed by atoms with Gasteiger partial charge in [0.2, 0.25) is 0 Å². The summed E-state index contributed by atoms with van der Waals surface area (Å²) in [5.74, 6) is 1.55. The molecule has 1 heterocycles. The van der Waals surface area contributed by atoms with Crippen LogP contribution in [0.2, 0.25) is 10.0 Å². The molecule has 0 saturated carbocycles. The minimum Gasteiger partial charge on any atom is -0.489 e. The summed E-state index contributed by atoms with van der Waals surface area (Å²) in [5.41, 5.74) is 0.993. The lowest BCUT2D eigenvalue weighted by molar-refractivity contribution is 0.306. The van der Waals surface area contributed by atoms with Gasteiger partial charge in [-0.25, -0.2) is 4.98 Å². The highest BCUT2D eigenvalue weighted by Crippen LogP contribution is 2.26. The Bertz CT molecular complexity index is 544. The Morgan fingerprint density at radius 1 is 1.16 bits per heavy atom. The van der Waals surface area contributed by atoms with Crippen LogP contribution >= 0.6 is 23.2 Å². The van der Waals surface area contributed by atoms with Crippen molar-refractivity contribution in [3.8, 4) is 5.75 Å². The van der Waals surface area contributed by atoms with Gasteiger partial charge >= 0.3 is 0 Å². The summed E-state index contributed by atoms with van der Waals surface area (Å²) in [6.07, 6.45) is 1.79. The molecule has 19 heavy (non-hydrogen) atoms. The minimum absolute atomic E-state index is 0.442. The summed E-state index contributed by atoms with van der Waals surface area (Å²) >= 11 is 11.8. The lowest BCUT2D eigenvalue weighted by atomic mass is 10.3. The number of halogens is 2. The van der Waals surface area contributed by atoms with Crippen molar-refractivity contribution in [3.05, 3.63) is 52.1 Å². The van der Waals surface area contributed by atoms with E-state index in [1.54, 1.807) is 24.4 Å². The maximum absolute atomic E-state index is 5.92. The van der Waals surface area contributed by atoms with Crippen LogP contribution in [0.1, 0.15) is 12.5 Å². The first-order valence-corrected chi connectivity index (χ1v) is 6.71. The summed E-state index contributed by atoms with van der Waals surface area (Å²) in [5, 5.41) is 4.14. The molecule has 0 aliphatic heterocycles. The third-order valence-electron chi connectivity index (χ3n) is 2.48. The normalized spacial score (nSPS) is 10.3. The summed E-state index contributed by atoms with van der Waals surface area (Å²) in [6.45, 7) is 3.33. The Labute approximate surface area is 122 Å². The number of benzene rings is 1. The van der Waals surface area contributed by atoms with Gasteiger partial charge in [-0.1, -0.05) is 29.3 Å². The zero-order valence-electron chi connectivity index (χ0n) is 10.5. The van der Waals surface area contributed by atoms with Crippen LogP contribution in [0.15, 0.2) is 36.5 Å². The molecule has 0 saturated heterocycles. The third-order valence-corrected chi connectivity index (χ3v) is 3.22. The highest BCUT2D eigenvalue weighted by atomic mass is 35.5. The SMILES string of the molecule is CCNc1ccc(COc2ccc(Cl)c(Cl)c2)cn1. The third kappa shape index (κ3) is 4.01. The Kier molecular flexibility index (Phi) is 4.88. The van der Waals surface area contributed by atoms with Crippen LogP contribution in [0.5, 0.6) is 5.75 Å². The Morgan fingerprint density at radius 2 is 2.00 bits per heavy atom. The maximum atomic E-state index is 5.92. The van der Waals surface area contributed by atoms with Gasteiger partial charge < -0.3 is 10.1 Å². The van der Waals surface area contributed by atoms with Gasteiger partial charge in [0.25, 0.3) is 0 Å². The van der Waals surface area contributed by atoms with Crippen LogP contribution in [0.25, 0.3) is 0 Å². The fourth-order valence-corrected chi connectivity index (χ4v) is 1.82. The van der Waals surface area contributed by atoms with Crippen LogP contribution in [0.4, 0.5) is 5.82 Å². The molecule has 0 radical (unpaired) electrons. The largest absolute Gasteiger partial charge is 0.489 e. The first-order chi connectivity index (χ1) is 9.19. The van der Waals surface area contributed by atoms with Gasteiger partial charge in [-0.2, -0.15) is 0 Å². The Hall–Kier alpha value is -1.45. The van der Waals surface area contributed by atoms with Gasteiger partial charge in [0, 0.05) is 24.4 Å². The van der Waals surface area contributed by atoms with Crippen molar-refractivity contribution in [1.82, 2.24) is 4.98 Å². The number of hydrogen-bond acceptors (Lipinski definition) is 3. The fraction of sp³-hybridized carbons (Fsp3) is 0.214. The van der Waals surface area contributed by atoms with Crippen molar-refractivity contribution in [2.24, 2.45) is 0 Å². The van der Waals surface area contributed by atoms with E-state index in [1.165, 1.54) is 0 Å². The molecule has 0 aliphatic rings. The van der Waals surface area contributed by atoms with Crippen LogP contribution in [-0.4, -0.2) is 11.5 Å². The molecule has 0 bridgehead atoms. The van der Waals surface area contributed by atoms with E-state index in [0.29, 0.717) is 22.4 Å². The quantitative estimate of drug-likeness (QED) is 0.888. The van der Waals surface area contributed by atoms with Gasteiger partial charge in [-0.3, -0.25) is 0 Å². The molecule has 1 aromatic heterocycles. The molecule has 0 unspecified atom stereocenters. The predicted octanol–water partition coefficient (Wildman–Crippen LogP) is 4.40. The number of ether oxygens (including phenoxy) is 1. The molecule has 0 aliphatic carbocycles. The zero-order chi connectivity index (χ0) is 13.7. The standard InChI is InChI=1S/C14H14Cl2N2O/c1-2-17-14-6-3-10(8-18-14)9-19-11-4-5-12(15)13(16)7-11/h3-8H,2,9H2,1H3,(H,17,18). The van der Waals surface area contributed by atoms with Crippen molar-refractivity contribution < 1.29 is 4.74 Å².